The van der Waals surface area contributed by atoms with Crippen molar-refractivity contribution in [3.8, 4) is 0 Å². The number of hydrogen-bond donors (Lipinski definition) is 0. The van der Waals surface area contributed by atoms with E-state index in [-0.39, 0.29) is 54.4 Å². The molecule has 0 fully saturated rings. The minimum absolute atomic E-state index is 0. The standard InChI is InChI=1S/C3H7.2H2O.2Ti/c1-3-2;;;;/h3H,1-2H3;2*1H2;;/q-1;;;;. The number of rotatable bonds is 0. The second-order valence-corrected chi connectivity index (χ2v) is 0.577. The molecule has 0 atom stereocenters. The first kappa shape index (κ1) is 40.2. The smallest absolute Gasteiger partial charge is 0 e. The third kappa shape index (κ3) is 116. The van der Waals surface area contributed by atoms with Gasteiger partial charge in [0.2, 0.25) is 0 Å². The van der Waals surface area contributed by atoms with Crippen molar-refractivity contribution in [2.45, 2.75) is 13.8 Å². The molecule has 2 nitrogen and oxygen atoms in total. The molecular weight excluding hydrogens is 164 g/mol. The summed E-state index contributed by atoms with van der Waals surface area (Å²) in [7, 11) is 0. The zero-order chi connectivity index (χ0) is 2.71. The van der Waals surface area contributed by atoms with Gasteiger partial charge >= 0.3 is 0 Å². The molecule has 0 heterocycles. The molecule has 0 amide bonds. The summed E-state index contributed by atoms with van der Waals surface area (Å²) >= 11 is 0. The van der Waals surface area contributed by atoms with Gasteiger partial charge in [0.05, 0.1) is 0 Å². The third-order valence-electron chi connectivity index (χ3n) is 0. The summed E-state index contributed by atoms with van der Waals surface area (Å²) < 4.78 is 0. The SMILES string of the molecule is C[CH-]C.O.O.[Ti].[Ti]. The van der Waals surface area contributed by atoms with Crippen LogP contribution < -0.4 is 0 Å². The van der Waals surface area contributed by atoms with Crippen LogP contribution in [-0.4, -0.2) is 11.0 Å². The molecule has 0 aromatic carbocycles. The van der Waals surface area contributed by atoms with Crippen LogP contribution in [0.2, 0.25) is 0 Å². The monoisotopic (exact) mass is 175 g/mol. The second-order valence-electron chi connectivity index (χ2n) is 0.577. The molecule has 0 saturated carbocycles. The van der Waals surface area contributed by atoms with Gasteiger partial charge in [0, 0.05) is 43.4 Å². The second kappa shape index (κ2) is 53.7. The van der Waals surface area contributed by atoms with Crippen LogP contribution in [0.5, 0.6) is 0 Å². The molecule has 0 saturated heterocycles. The summed E-state index contributed by atoms with van der Waals surface area (Å²) in [6, 6.07) is 0. The fraction of sp³-hybridized carbons (Fsp3) is 0.667. The van der Waals surface area contributed by atoms with E-state index >= 15 is 0 Å². The molecule has 0 spiro atoms. The molecule has 7 heavy (non-hydrogen) atoms. The molecule has 0 unspecified atom stereocenters. The molecule has 0 rings (SSSR count). The fourth-order valence-corrected chi connectivity index (χ4v) is 0. The molecule has 0 aliphatic heterocycles. The first-order valence-corrected chi connectivity index (χ1v) is 1.15. The Kier molecular flexibility index (Phi) is 308. The Balaban J connectivity index is -0.00000000333. The summed E-state index contributed by atoms with van der Waals surface area (Å²) in [6.45, 7) is 4.00. The van der Waals surface area contributed by atoms with Crippen LogP contribution in [0, 0.1) is 6.42 Å². The van der Waals surface area contributed by atoms with Gasteiger partial charge < -0.3 is 17.4 Å². The van der Waals surface area contributed by atoms with Gasteiger partial charge in [-0.15, -0.1) is 0 Å². The first-order chi connectivity index (χ1) is 1.41. The van der Waals surface area contributed by atoms with Crippen molar-refractivity contribution in [1.29, 1.82) is 0 Å². The maximum absolute atomic E-state index is 2.00. The largest absolute Gasteiger partial charge is 0.412 e. The average molecular weight is 175 g/mol. The van der Waals surface area contributed by atoms with Gasteiger partial charge in [-0.2, -0.15) is 13.8 Å². The van der Waals surface area contributed by atoms with Crippen molar-refractivity contribution in [1.82, 2.24) is 0 Å². The van der Waals surface area contributed by atoms with Crippen LogP contribution in [0.25, 0.3) is 0 Å². The van der Waals surface area contributed by atoms with Crippen LogP contribution in [-0.2, 0) is 43.4 Å². The predicted octanol–water partition coefficient (Wildman–Crippen LogP) is -0.424. The Morgan fingerprint density at radius 2 is 0.857 bits per heavy atom. The van der Waals surface area contributed by atoms with Crippen LogP contribution in [0.1, 0.15) is 13.8 Å². The maximum Gasteiger partial charge on any atom is 0 e. The Hall–Kier alpha value is 1.35. The van der Waals surface area contributed by atoms with E-state index in [2.05, 4.69) is 0 Å². The topological polar surface area (TPSA) is 63.0 Å². The molecule has 0 radical (unpaired) electrons. The van der Waals surface area contributed by atoms with Crippen LogP contribution in [0.15, 0.2) is 0 Å². The average Bonchev–Trinajstić information content (AvgIpc) is 0.918. The minimum atomic E-state index is 0. The van der Waals surface area contributed by atoms with Gasteiger partial charge in [-0.25, -0.2) is 0 Å². The Morgan fingerprint density at radius 3 is 0.857 bits per heavy atom. The molecule has 0 aromatic rings. The summed E-state index contributed by atoms with van der Waals surface area (Å²) in [5.41, 5.74) is 0. The fourth-order valence-electron chi connectivity index (χ4n) is 0. The minimum Gasteiger partial charge on any atom is -0.412 e. The van der Waals surface area contributed by atoms with Gasteiger partial charge in [-0.1, -0.05) is 0 Å². The predicted molar refractivity (Wildman–Crippen MR) is 22.9 cm³/mol. The molecule has 0 aromatic heterocycles. The van der Waals surface area contributed by atoms with Gasteiger partial charge in [-0.3, -0.25) is 0 Å². The van der Waals surface area contributed by atoms with Crippen LogP contribution in [0.4, 0.5) is 0 Å². The maximum atomic E-state index is 2.00. The molecule has 4 heteroatoms. The summed E-state index contributed by atoms with van der Waals surface area (Å²) in [5.74, 6) is 0. The Bertz CT molecular complexity index is 10.9. The quantitative estimate of drug-likeness (QED) is 0.354. The Labute approximate surface area is 74.4 Å². The van der Waals surface area contributed by atoms with Gasteiger partial charge in [0.25, 0.3) is 0 Å². The molecule has 0 bridgehead atoms. The van der Waals surface area contributed by atoms with E-state index in [1.807, 2.05) is 20.3 Å². The number of hydrogen-bond acceptors (Lipinski definition) is 0. The van der Waals surface area contributed by atoms with E-state index in [4.69, 9.17) is 0 Å². The zero-order valence-electron chi connectivity index (χ0n) is 4.58. The zero-order valence-corrected chi connectivity index (χ0v) is 7.70. The van der Waals surface area contributed by atoms with E-state index in [1.54, 1.807) is 0 Å². The molecule has 44 valence electrons. The van der Waals surface area contributed by atoms with Crippen molar-refractivity contribution in [3.05, 3.63) is 6.42 Å². The molecule has 0 aliphatic rings. The third-order valence-corrected chi connectivity index (χ3v) is 0. The van der Waals surface area contributed by atoms with E-state index < -0.39 is 0 Å². The van der Waals surface area contributed by atoms with E-state index in [0.717, 1.165) is 0 Å². The van der Waals surface area contributed by atoms with Gasteiger partial charge in [-0.05, 0) is 0 Å². The van der Waals surface area contributed by atoms with Gasteiger partial charge in [0.15, 0.2) is 0 Å². The molecule has 4 N–H and O–H groups in total. The van der Waals surface area contributed by atoms with E-state index in [1.165, 1.54) is 0 Å². The summed E-state index contributed by atoms with van der Waals surface area (Å²) in [6.07, 6.45) is 2.00. The molecular formula is C3H11O2Ti2-. The van der Waals surface area contributed by atoms with Crippen molar-refractivity contribution >= 4 is 0 Å². The first-order valence-electron chi connectivity index (χ1n) is 1.15. The van der Waals surface area contributed by atoms with Crippen LogP contribution >= 0.6 is 0 Å². The normalized spacial score (nSPS) is 2.57. The molecule has 0 aliphatic carbocycles. The van der Waals surface area contributed by atoms with Crippen molar-refractivity contribution in [2.24, 2.45) is 0 Å². The van der Waals surface area contributed by atoms with E-state index in [9.17, 15) is 0 Å². The summed E-state index contributed by atoms with van der Waals surface area (Å²) in [4.78, 5) is 0. The van der Waals surface area contributed by atoms with Crippen molar-refractivity contribution in [2.75, 3.05) is 0 Å². The van der Waals surface area contributed by atoms with Crippen LogP contribution in [0.3, 0.4) is 0 Å². The van der Waals surface area contributed by atoms with Crippen molar-refractivity contribution < 1.29 is 54.4 Å². The van der Waals surface area contributed by atoms with Crippen molar-refractivity contribution in [3.63, 3.8) is 0 Å². The van der Waals surface area contributed by atoms with E-state index in [0.29, 0.717) is 0 Å². The van der Waals surface area contributed by atoms with Gasteiger partial charge in [0.1, 0.15) is 0 Å². The summed E-state index contributed by atoms with van der Waals surface area (Å²) in [5, 5.41) is 0. The Morgan fingerprint density at radius 1 is 0.857 bits per heavy atom.